The molecule has 2 heteroatoms. The molecule has 2 heterocycles. The lowest BCUT2D eigenvalue weighted by Crippen LogP contribution is -2.52. The van der Waals surface area contributed by atoms with Gasteiger partial charge in [-0.3, -0.25) is 4.90 Å². The van der Waals surface area contributed by atoms with Gasteiger partial charge in [0.25, 0.3) is 0 Å². The smallest absolute Gasteiger partial charge is 0.0124 e. The zero-order valence-corrected chi connectivity index (χ0v) is 13.5. The molecule has 2 aliphatic heterocycles. The lowest BCUT2D eigenvalue weighted by molar-refractivity contribution is 0.00929. The van der Waals surface area contributed by atoms with Gasteiger partial charge in [-0.2, -0.15) is 0 Å². The van der Waals surface area contributed by atoms with Crippen molar-refractivity contribution in [3.05, 3.63) is 0 Å². The van der Waals surface area contributed by atoms with Crippen molar-refractivity contribution in [3.8, 4) is 0 Å². The minimum absolute atomic E-state index is 0.638. The average Bonchev–Trinajstić information content (AvgIpc) is 2.49. The van der Waals surface area contributed by atoms with Crippen LogP contribution in [0.5, 0.6) is 0 Å². The van der Waals surface area contributed by atoms with E-state index in [1.807, 2.05) is 0 Å². The van der Waals surface area contributed by atoms with Gasteiger partial charge in [0.2, 0.25) is 0 Å². The van der Waals surface area contributed by atoms with E-state index in [0.29, 0.717) is 5.41 Å². The van der Waals surface area contributed by atoms with E-state index in [9.17, 15) is 0 Å². The number of hydrogen-bond acceptors (Lipinski definition) is 2. The van der Waals surface area contributed by atoms with E-state index in [0.717, 1.165) is 12.0 Å². The van der Waals surface area contributed by atoms with Gasteiger partial charge in [-0.1, -0.05) is 26.2 Å². The van der Waals surface area contributed by atoms with Crippen LogP contribution in [0.1, 0.15) is 71.1 Å². The molecule has 3 aliphatic rings. The number of piperidine rings is 2. The molecule has 3 rings (SSSR count). The second-order valence-corrected chi connectivity index (χ2v) is 7.72. The maximum absolute atomic E-state index is 3.57. The summed E-state index contributed by atoms with van der Waals surface area (Å²) in [7, 11) is 0. The van der Waals surface area contributed by atoms with Gasteiger partial charge in [0.1, 0.15) is 0 Å². The minimum atomic E-state index is 0.638. The SMILES string of the molecule is CCCC1(CN2CCCC3CCCCC32)CCNCC1. The van der Waals surface area contributed by atoms with Crippen LogP contribution in [0.25, 0.3) is 0 Å². The van der Waals surface area contributed by atoms with Crippen LogP contribution >= 0.6 is 0 Å². The van der Waals surface area contributed by atoms with Crippen LogP contribution in [-0.2, 0) is 0 Å². The molecule has 20 heavy (non-hydrogen) atoms. The lowest BCUT2D eigenvalue weighted by Gasteiger charge is -2.49. The van der Waals surface area contributed by atoms with Gasteiger partial charge in [0.15, 0.2) is 0 Å². The highest BCUT2D eigenvalue weighted by molar-refractivity contribution is 4.93. The first-order chi connectivity index (χ1) is 9.83. The maximum Gasteiger partial charge on any atom is 0.0124 e. The monoisotopic (exact) mass is 278 g/mol. The van der Waals surface area contributed by atoms with Crippen molar-refractivity contribution >= 4 is 0 Å². The number of rotatable bonds is 4. The average molecular weight is 278 g/mol. The summed E-state index contributed by atoms with van der Waals surface area (Å²) in [4.78, 5) is 2.94. The van der Waals surface area contributed by atoms with E-state index < -0.39 is 0 Å². The van der Waals surface area contributed by atoms with Gasteiger partial charge in [-0.05, 0) is 75.9 Å². The predicted octanol–water partition coefficient (Wildman–Crippen LogP) is 3.81. The molecule has 0 amide bonds. The zero-order chi connectivity index (χ0) is 13.8. The molecule has 0 spiro atoms. The van der Waals surface area contributed by atoms with Gasteiger partial charge in [-0.25, -0.2) is 0 Å². The first kappa shape index (κ1) is 14.8. The Bertz CT molecular complexity index is 288. The van der Waals surface area contributed by atoms with Crippen LogP contribution in [0.3, 0.4) is 0 Å². The summed E-state index contributed by atoms with van der Waals surface area (Å²) in [6.45, 7) is 7.68. The zero-order valence-electron chi connectivity index (χ0n) is 13.5. The highest BCUT2D eigenvalue weighted by atomic mass is 15.2. The molecule has 1 saturated carbocycles. The Labute approximate surface area is 125 Å². The molecule has 2 atom stereocenters. The summed E-state index contributed by atoms with van der Waals surface area (Å²) in [5.41, 5.74) is 0.638. The Morgan fingerprint density at radius 3 is 2.60 bits per heavy atom. The molecular weight excluding hydrogens is 244 g/mol. The van der Waals surface area contributed by atoms with E-state index in [2.05, 4.69) is 17.1 Å². The van der Waals surface area contributed by atoms with Gasteiger partial charge in [0, 0.05) is 12.6 Å². The summed E-state index contributed by atoms with van der Waals surface area (Å²) in [6.07, 6.45) is 14.6. The second kappa shape index (κ2) is 6.79. The fourth-order valence-corrected chi connectivity index (χ4v) is 5.33. The fraction of sp³-hybridized carbons (Fsp3) is 1.00. The first-order valence-electron chi connectivity index (χ1n) is 9.28. The molecule has 2 saturated heterocycles. The molecule has 1 N–H and O–H groups in total. The summed E-state index contributed by atoms with van der Waals surface area (Å²) in [6, 6.07) is 0.945. The quantitative estimate of drug-likeness (QED) is 0.841. The largest absolute Gasteiger partial charge is 0.317 e. The Morgan fingerprint density at radius 1 is 1.05 bits per heavy atom. The van der Waals surface area contributed by atoms with Crippen molar-refractivity contribution in [2.24, 2.45) is 11.3 Å². The Kier molecular flexibility index (Phi) is 5.04. The van der Waals surface area contributed by atoms with E-state index in [1.54, 1.807) is 0 Å². The van der Waals surface area contributed by atoms with E-state index in [-0.39, 0.29) is 0 Å². The maximum atomic E-state index is 3.57. The standard InChI is InChI=1S/C18H34N2/c1-2-9-18(10-12-19-13-11-18)15-20-14-5-7-16-6-3-4-8-17(16)20/h16-17,19H,2-15H2,1H3. The van der Waals surface area contributed by atoms with Gasteiger partial charge < -0.3 is 5.32 Å². The van der Waals surface area contributed by atoms with Gasteiger partial charge in [0.05, 0.1) is 0 Å². The number of likely N-dealkylation sites (tertiary alicyclic amines) is 1. The number of fused-ring (bicyclic) bond motifs is 1. The third-order valence-corrected chi connectivity index (χ3v) is 6.34. The summed E-state index contributed by atoms with van der Waals surface area (Å²) < 4.78 is 0. The highest BCUT2D eigenvalue weighted by Crippen LogP contribution is 2.40. The third kappa shape index (κ3) is 3.22. The summed E-state index contributed by atoms with van der Waals surface area (Å²) in [5.74, 6) is 1.04. The van der Waals surface area contributed by atoms with Gasteiger partial charge >= 0.3 is 0 Å². The first-order valence-corrected chi connectivity index (χ1v) is 9.28. The van der Waals surface area contributed by atoms with Crippen LogP contribution in [-0.4, -0.2) is 37.1 Å². The highest BCUT2D eigenvalue weighted by Gasteiger charge is 2.39. The fourth-order valence-electron chi connectivity index (χ4n) is 5.33. The Balaban J connectivity index is 1.66. The second-order valence-electron chi connectivity index (χ2n) is 7.72. The minimum Gasteiger partial charge on any atom is -0.317 e. The lowest BCUT2D eigenvalue weighted by atomic mass is 9.72. The summed E-state index contributed by atoms with van der Waals surface area (Å²) >= 11 is 0. The molecule has 3 fully saturated rings. The molecule has 2 nitrogen and oxygen atoms in total. The molecule has 1 aliphatic carbocycles. The van der Waals surface area contributed by atoms with Gasteiger partial charge in [-0.15, -0.1) is 0 Å². The number of nitrogens with one attached hydrogen (secondary N) is 1. The molecule has 0 aromatic carbocycles. The molecule has 116 valence electrons. The van der Waals surface area contributed by atoms with Crippen molar-refractivity contribution in [2.75, 3.05) is 26.2 Å². The third-order valence-electron chi connectivity index (χ3n) is 6.34. The van der Waals surface area contributed by atoms with Crippen LogP contribution in [0, 0.1) is 11.3 Å². The molecule has 0 radical (unpaired) electrons. The normalized spacial score (nSPS) is 34.6. The van der Waals surface area contributed by atoms with Crippen LogP contribution in [0.2, 0.25) is 0 Å². The van der Waals surface area contributed by atoms with Crippen molar-refractivity contribution in [1.82, 2.24) is 10.2 Å². The van der Waals surface area contributed by atoms with Crippen LogP contribution in [0.4, 0.5) is 0 Å². The Morgan fingerprint density at radius 2 is 1.80 bits per heavy atom. The molecule has 0 aromatic heterocycles. The van der Waals surface area contributed by atoms with E-state index in [4.69, 9.17) is 0 Å². The molecular formula is C18H34N2. The van der Waals surface area contributed by atoms with Crippen molar-refractivity contribution in [1.29, 1.82) is 0 Å². The molecule has 0 bridgehead atoms. The molecule has 2 unspecified atom stereocenters. The summed E-state index contributed by atoms with van der Waals surface area (Å²) in [5, 5.41) is 3.57. The Hall–Kier alpha value is -0.0800. The van der Waals surface area contributed by atoms with Crippen molar-refractivity contribution in [3.63, 3.8) is 0 Å². The number of hydrogen-bond donors (Lipinski definition) is 1. The predicted molar refractivity (Wildman–Crippen MR) is 86.0 cm³/mol. The van der Waals surface area contributed by atoms with E-state index in [1.165, 1.54) is 90.4 Å². The number of nitrogens with zero attached hydrogens (tertiary/aromatic N) is 1. The van der Waals surface area contributed by atoms with E-state index >= 15 is 0 Å². The topological polar surface area (TPSA) is 15.3 Å². The van der Waals surface area contributed by atoms with Crippen LogP contribution in [0.15, 0.2) is 0 Å². The van der Waals surface area contributed by atoms with Crippen LogP contribution < -0.4 is 5.32 Å². The van der Waals surface area contributed by atoms with Crippen molar-refractivity contribution in [2.45, 2.75) is 77.2 Å². The van der Waals surface area contributed by atoms with Crippen molar-refractivity contribution < 1.29 is 0 Å². The molecule has 0 aromatic rings.